The molecular weight excluding hydrogens is 466 g/mol. The molecule has 6 rings (SSSR count). The molecule has 7 nitrogen and oxygen atoms in total. The van der Waals surface area contributed by atoms with E-state index in [9.17, 15) is 14.4 Å². The number of ether oxygens (including phenoxy) is 1. The first-order valence-corrected chi connectivity index (χ1v) is 13.8. The van der Waals surface area contributed by atoms with Gasteiger partial charge in [-0.05, 0) is 80.8 Å². The lowest BCUT2D eigenvalue weighted by atomic mass is 9.69. The number of hydrogen-bond donors (Lipinski definition) is 1. The van der Waals surface area contributed by atoms with Crippen LogP contribution in [0.15, 0.2) is 42.6 Å². The van der Waals surface area contributed by atoms with Crippen molar-refractivity contribution in [3.63, 3.8) is 0 Å². The Morgan fingerprint density at radius 3 is 2.59 bits per heavy atom. The fourth-order valence-electron chi connectivity index (χ4n) is 6.31. The summed E-state index contributed by atoms with van der Waals surface area (Å²) < 4.78 is 6.29. The van der Waals surface area contributed by atoms with E-state index in [0.29, 0.717) is 36.4 Å². The van der Waals surface area contributed by atoms with Gasteiger partial charge in [0, 0.05) is 13.0 Å². The van der Waals surface area contributed by atoms with Crippen molar-refractivity contribution in [3.05, 3.63) is 59.4 Å². The van der Waals surface area contributed by atoms with Gasteiger partial charge in [-0.25, -0.2) is 0 Å². The molecule has 1 N–H and O–H groups in total. The summed E-state index contributed by atoms with van der Waals surface area (Å²) in [6.07, 6.45) is 11.2. The minimum atomic E-state index is -0.557. The fourth-order valence-corrected chi connectivity index (χ4v) is 6.31. The normalized spacial score (nSPS) is 24.3. The lowest BCUT2D eigenvalue weighted by Crippen LogP contribution is -2.53. The first-order valence-electron chi connectivity index (χ1n) is 13.8. The average molecular weight is 504 g/mol. The predicted molar refractivity (Wildman–Crippen MR) is 141 cm³/mol. The second kappa shape index (κ2) is 11.5. The van der Waals surface area contributed by atoms with Crippen molar-refractivity contribution in [1.82, 2.24) is 9.88 Å². The van der Waals surface area contributed by atoms with E-state index < -0.39 is 5.41 Å². The second-order valence-electron chi connectivity index (χ2n) is 10.9. The van der Waals surface area contributed by atoms with E-state index in [4.69, 9.17) is 4.74 Å². The Bertz CT molecular complexity index is 1100. The predicted octanol–water partition coefficient (Wildman–Crippen LogP) is 4.69. The van der Waals surface area contributed by atoms with Crippen LogP contribution in [0, 0.1) is 5.92 Å². The average Bonchev–Trinajstić information content (AvgIpc) is 2.94. The van der Waals surface area contributed by atoms with Crippen molar-refractivity contribution in [2.45, 2.75) is 75.7 Å². The molecular formula is C30H37N3O4. The van der Waals surface area contributed by atoms with Crippen molar-refractivity contribution < 1.29 is 19.1 Å². The molecule has 1 unspecified atom stereocenters. The Morgan fingerprint density at radius 1 is 1.11 bits per heavy atom. The Morgan fingerprint density at radius 2 is 1.92 bits per heavy atom. The Balaban J connectivity index is 1.21. The highest BCUT2D eigenvalue weighted by Crippen LogP contribution is 2.42. The number of aromatic nitrogens is 1. The minimum Gasteiger partial charge on any atom is -0.460 e. The quantitative estimate of drug-likeness (QED) is 0.394. The number of piperidine rings is 3. The third-order valence-electron chi connectivity index (χ3n) is 8.49. The lowest BCUT2D eigenvalue weighted by Gasteiger charge is -2.45. The van der Waals surface area contributed by atoms with Crippen LogP contribution in [0.2, 0.25) is 0 Å². The number of carbonyl (C=O) groups is 3. The largest absolute Gasteiger partial charge is 0.460 e. The van der Waals surface area contributed by atoms with Gasteiger partial charge in [-0.3, -0.25) is 24.3 Å². The van der Waals surface area contributed by atoms with Crippen LogP contribution in [0.4, 0.5) is 5.69 Å². The molecule has 3 aliphatic heterocycles. The molecule has 2 bridgehead atoms. The van der Waals surface area contributed by atoms with Gasteiger partial charge in [0.1, 0.15) is 11.8 Å². The van der Waals surface area contributed by atoms with E-state index >= 15 is 0 Å². The summed E-state index contributed by atoms with van der Waals surface area (Å²) in [6.45, 7) is 3.15. The van der Waals surface area contributed by atoms with E-state index in [2.05, 4.69) is 33.4 Å². The molecule has 196 valence electrons. The number of esters is 1. The number of anilines is 1. The summed E-state index contributed by atoms with van der Waals surface area (Å²) in [6, 6.07) is 11.6. The van der Waals surface area contributed by atoms with E-state index in [1.54, 1.807) is 12.1 Å². The monoisotopic (exact) mass is 503 g/mol. The van der Waals surface area contributed by atoms with Crippen LogP contribution in [0.5, 0.6) is 0 Å². The summed E-state index contributed by atoms with van der Waals surface area (Å²) in [5.74, 6) is 0.393. The van der Waals surface area contributed by atoms with Crippen LogP contribution in [-0.4, -0.2) is 53.8 Å². The van der Waals surface area contributed by atoms with Crippen LogP contribution in [0.3, 0.4) is 0 Å². The molecule has 7 heteroatoms. The van der Waals surface area contributed by atoms with Gasteiger partial charge < -0.3 is 10.1 Å². The molecule has 4 aliphatic rings. The topological polar surface area (TPSA) is 88.6 Å². The zero-order valence-electron chi connectivity index (χ0n) is 21.5. The van der Waals surface area contributed by atoms with Gasteiger partial charge in [0.2, 0.25) is 5.91 Å². The van der Waals surface area contributed by atoms with E-state index in [0.717, 1.165) is 82.1 Å². The summed E-state index contributed by atoms with van der Waals surface area (Å²) in [5.41, 5.74) is 2.57. The molecule has 4 fully saturated rings. The van der Waals surface area contributed by atoms with Gasteiger partial charge >= 0.3 is 5.97 Å². The fraction of sp³-hybridized carbons (Fsp3) is 0.533. The molecule has 1 aromatic heterocycles. The van der Waals surface area contributed by atoms with Crippen LogP contribution < -0.4 is 5.32 Å². The summed E-state index contributed by atoms with van der Waals surface area (Å²) in [5, 5.41) is 2.83. The molecule has 3 saturated heterocycles. The maximum absolute atomic E-state index is 13.8. The highest BCUT2D eigenvalue weighted by atomic mass is 16.5. The number of benzene rings is 1. The minimum absolute atomic E-state index is 0.0281. The van der Waals surface area contributed by atoms with Crippen molar-refractivity contribution in [3.8, 4) is 0 Å². The van der Waals surface area contributed by atoms with Crippen LogP contribution in [0.1, 0.15) is 79.4 Å². The molecule has 1 aliphatic carbocycles. The van der Waals surface area contributed by atoms with Crippen molar-refractivity contribution in [1.29, 1.82) is 0 Å². The van der Waals surface area contributed by atoms with Crippen LogP contribution >= 0.6 is 0 Å². The number of hydrogen-bond acceptors (Lipinski definition) is 6. The highest BCUT2D eigenvalue weighted by Gasteiger charge is 2.45. The van der Waals surface area contributed by atoms with E-state index in [1.807, 2.05) is 6.07 Å². The maximum atomic E-state index is 13.8. The molecule has 1 amide bonds. The van der Waals surface area contributed by atoms with Crippen LogP contribution in [0.25, 0.3) is 0 Å². The lowest BCUT2D eigenvalue weighted by molar-refractivity contribution is -0.167. The first-order chi connectivity index (χ1) is 18.1. The van der Waals surface area contributed by atoms with Crippen molar-refractivity contribution >= 4 is 23.9 Å². The van der Waals surface area contributed by atoms with Crippen molar-refractivity contribution in [2.75, 3.05) is 25.0 Å². The number of aldehydes is 1. The number of pyridine rings is 1. The Kier molecular flexibility index (Phi) is 7.99. The molecule has 37 heavy (non-hydrogen) atoms. The van der Waals surface area contributed by atoms with E-state index in [1.165, 1.54) is 6.20 Å². The third-order valence-corrected chi connectivity index (χ3v) is 8.49. The smallest absolute Gasteiger partial charge is 0.316 e. The molecule has 1 saturated carbocycles. The van der Waals surface area contributed by atoms with Gasteiger partial charge in [-0.1, -0.05) is 43.5 Å². The number of fused-ring (bicyclic) bond motifs is 3. The van der Waals surface area contributed by atoms with Gasteiger partial charge in [-0.15, -0.1) is 0 Å². The van der Waals surface area contributed by atoms with Gasteiger partial charge in [0.15, 0.2) is 6.29 Å². The molecule has 0 radical (unpaired) electrons. The molecule has 0 spiro atoms. The number of aryl methyl sites for hydroxylation is 1. The number of rotatable bonds is 9. The Hall–Kier alpha value is -3.06. The maximum Gasteiger partial charge on any atom is 0.316 e. The molecule has 4 heterocycles. The summed E-state index contributed by atoms with van der Waals surface area (Å²) in [4.78, 5) is 43.3. The third kappa shape index (κ3) is 5.93. The summed E-state index contributed by atoms with van der Waals surface area (Å²) in [7, 11) is 0. The zero-order chi connectivity index (χ0) is 25.7. The number of amides is 1. The number of nitrogens with zero attached hydrogens (tertiary/aromatic N) is 2. The molecule has 1 aromatic carbocycles. The molecule has 1 atom stereocenters. The van der Waals surface area contributed by atoms with Crippen molar-refractivity contribution in [2.24, 2.45) is 5.92 Å². The zero-order valence-corrected chi connectivity index (χ0v) is 21.5. The summed E-state index contributed by atoms with van der Waals surface area (Å²) >= 11 is 0. The first kappa shape index (κ1) is 25.6. The van der Waals surface area contributed by atoms with Gasteiger partial charge in [-0.2, -0.15) is 0 Å². The van der Waals surface area contributed by atoms with Gasteiger partial charge in [0.25, 0.3) is 0 Å². The van der Waals surface area contributed by atoms with Crippen LogP contribution in [-0.2, 0) is 26.2 Å². The number of carbonyl (C=O) groups excluding carboxylic acids is 3. The molecule has 2 aromatic rings. The second-order valence-corrected chi connectivity index (χ2v) is 10.9. The highest BCUT2D eigenvalue weighted by molar-refractivity contribution is 5.90. The SMILES string of the molecule is O=Cc1ccc(NC(=O)CCCc2cccc(C3(C(=O)OC4CN5CCC4CC5)CCCCC3)c2)cn1. The standard InChI is InChI=1S/C30H37N3O4/c34-21-26-11-10-25(19-31-26)32-28(35)9-5-7-22-6-4-8-24(18-22)30(14-2-1-3-15-30)29(36)37-27-20-33-16-12-23(27)13-17-33/h4,6,8,10-11,18-19,21,23,27H,1-3,5,7,9,12-17,20H2,(H,32,35). The Labute approximate surface area is 219 Å². The number of nitrogens with one attached hydrogen (secondary N) is 1. The van der Waals surface area contributed by atoms with E-state index in [-0.39, 0.29) is 18.0 Å². The van der Waals surface area contributed by atoms with Gasteiger partial charge in [0.05, 0.1) is 17.3 Å².